The van der Waals surface area contributed by atoms with Crippen LogP contribution in [0.25, 0.3) is 0 Å². The van der Waals surface area contributed by atoms with E-state index < -0.39 is 0 Å². The maximum absolute atomic E-state index is 12.7. The summed E-state index contributed by atoms with van der Waals surface area (Å²) in [7, 11) is 5.24. The van der Waals surface area contributed by atoms with Gasteiger partial charge in [-0.25, -0.2) is 0 Å². The first-order valence-electron chi connectivity index (χ1n) is 8.54. The molecule has 0 bridgehead atoms. The van der Waals surface area contributed by atoms with E-state index in [0.29, 0.717) is 18.7 Å². The average molecular weight is 343 g/mol. The molecule has 134 valence electrons. The van der Waals surface area contributed by atoms with Crippen molar-refractivity contribution >= 4 is 5.91 Å². The molecule has 0 unspecified atom stereocenters. The summed E-state index contributed by atoms with van der Waals surface area (Å²) >= 11 is 0. The monoisotopic (exact) mass is 343 g/mol. The smallest absolute Gasteiger partial charge is 0.257 e. The lowest BCUT2D eigenvalue weighted by molar-refractivity contribution is -0.00299. The van der Waals surface area contributed by atoms with Gasteiger partial charge in [0.25, 0.3) is 5.91 Å². The van der Waals surface area contributed by atoms with Crippen molar-refractivity contribution in [1.82, 2.24) is 14.7 Å². The number of aryl methyl sites for hydroxylation is 1. The number of carbonyl (C=O) groups is 1. The first kappa shape index (κ1) is 17.5. The normalized spacial score (nSPS) is 20.5. The molecule has 1 saturated heterocycles. The van der Waals surface area contributed by atoms with Gasteiger partial charge in [-0.15, -0.1) is 0 Å². The minimum Gasteiger partial charge on any atom is -0.497 e. The van der Waals surface area contributed by atoms with Crippen LogP contribution in [0.3, 0.4) is 0 Å². The fourth-order valence-corrected chi connectivity index (χ4v) is 3.48. The topological polar surface area (TPSA) is 56.6 Å². The summed E-state index contributed by atoms with van der Waals surface area (Å²) in [6.45, 7) is 1.41. The predicted molar refractivity (Wildman–Crippen MR) is 94.7 cm³/mol. The zero-order valence-corrected chi connectivity index (χ0v) is 15.0. The number of hydrogen-bond acceptors (Lipinski definition) is 4. The van der Waals surface area contributed by atoms with Crippen molar-refractivity contribution < 1.29 is 14.3 Å². The van der Waals surface area contributed by atoms with Gasteiger partial charge in [-0.2, -0.15) is 5.10 Å². The van der Waals surface area contributed by atoms with Crippen molar-refractivity contribution in [3.8, 4) is 5.75 Å². The van der Waals surface area contributed by atoms with Gasteiger partial charge in [-0.1, -0.05) is 12.1 Å². The number of benzene rings is 1. The Morgan fingerprint density at radius 3 is 2.64 bits per heavy atom. The Balaban J connectivity index is 1.70. The number of methoxy groups -OCH3 is 2. The van der Waals surface area contributed by atoms with E-state index in [2.05, 4.69) is 17.2 Å². The minimum atomic E-state index is 0.0439. The van der Waals surface area contributed by atoms with Gasteiger partial charge in [-0.05, 0) is 30.5 Å². The van der Waals surface area contributed by atoms with E-state index in [4.69, 9.17) is 9.47 Å². The number of nitrogens with zero attached hydrogens (tertiary/aromatic N) is 3. The van der Waals surface area contributed by atoms with Crippen LogP contribution >= 0.6 is 0 Å². The van der Waals surface area contributed by atoms with Gasteiger partial charge in [0.1, 0.15) is 5.75 Å². The predicted octanol–water partition coefficient (Wildman–Crippen LogP) is 2.15. The lowest BCUT2D eigenvalue weighted by Gasteiger charge is -2.38. The molecule has 2 aromatic rings. The van der Waals surface area contributed by atoms with Crippen LogP contribution in [0.15, 0.2) is 36.7 Å². The van der Waals surface area contributed by atoms with Crippen LogP contribution in [0.2, 0.25) is 0 Å². The molecular formula is C19H25N3O3. The third kappa shape index (κ3) is 4.02. The van der Waals surface area contributed by atoms with Crippen LogP contribution < -0.4 is 4.74 Å². The van der Waals surface area contributed by atoms with Gasteiger partial charge in [0.15, 0.2) is 0 Å². The van der Waals surface area contributed by atoms with Crippen molar-refractivity contribution in [3.05, 3.63) is 47.8 Å². The third-order valence-electron chi connectivity index (χ3n) is 4.86. The molecule has 0 saturated carbocycles. The average Bonchev–Trinajstić information content (AvgIpc) is 3.08. The Morgan fingerprint density at radius 2 is 2.04 bits per heavy atom. The van der Waals surface area contributed by atoms with E-state index in [0.717, 1.165) is 18.6 Å². The molecule has 0 spiro atoms. The Labute approximate surface area is 148 Å². The number of piperidine rings is 1. The van der Waals surface area contributed by atoms with Gasteiger partial charge in [0, 0.05) is 39.4 Å². The molecule has 1 aromatic heterocycles. The van der Waals surface area contributed by atoms with Crippen molar-refractivity contribution in [2.75, 3.05) is 27.3 Å². The highest BCUT2D eigenvalue weighted by Crippen LogP contribution is 2.25. The lowest BCUT2D eigenvalue weighted by atomic mass is 9.88. The van der Waals surface area contributed by atoms with Crippen LogP contribution in [-0.4, -0.2) is 54.0 Å². The lowest BCUT2D eigenvalue weighted by Crippen LogP contribution is -2.47. The molecule has 1 aliphatic rings. The van der Waals surface area contributed by atoms with Crippen molar-refractivity contribution in [2.24, 2.45) is 13.0 Å². The van der Waals surface area contributed by atoms with E-state index in [9.17, 15) is 4.79 Å². The second-order valence-corrected chi connectivity index (χ2v) is 6.53. The van der Waals surface area contributed by atoms with E-state index in [1.165, 1.54) is 5.56 Å². The van der Waals surface area contributed by atoms with E-state index in [-0.39, 0.29) is 17.9 Å². The van der Waals surface area contributed by atoms with Gasteiger partial charge in [0.2, 0.25) is 0 Å². The molecule has 1 aliphatic heterocycles. The second-order valence-electron chi connectivity index (χ2n) is 6.53. The Kier molecular flexibility index (Phi) is 5.38. The Morgan fingerprint density at radius 1 is 1.28 bits per heavy atom. The first-order chi connectivity index (χ1) is 12.1. The standard InChI is InChI=1S/C19H25N3O3/c1-21-12-16(11-20-21)19(23)22-9-8-18(25-3)15(13-22)10-14-4-6-17(24-2)7-5-14/h4-7,11-12,15,18H,8-10,13H2,1-3H3/t15-,18-/m0/s1. The quantitative estimate of drug-likeness (QED) is 0.835. The van der Waals surface area contributed by atoms with Crippen molar-refractivity contribution in [3.63, 3.8) is 0 Å². The molecule has 25 heavy (non-hydrogen) atoms. The summed E-state index contributed by atoms with van der Waals surface area (Å²) in [5, 5.41) is 4.10. The molecule has 3 rings (SSSR count). The summed E-state index contributed by atoms with van der Waals surface area (Å²) in [4.78, 5) is 14.6. The summed E-state index contributed by atoms with van der Waals surface area (Å²) in [5.74, 6) is 1.17. The summed E-state index contributed by atoms with van der Waals surface area (Å²) in [5.41, 5.74) is 1.87. The van der Waals surface area contributed by atoms with Gasteiger partial charge in [0.05, 0.1) is 25.0 Å². The SMILES string of the molecule is COc1ccc(C[C@H]2CN(C(=O)c3cnn(C)c3)CC[C@@H]2OC)cc1. The van der Waals surface area contributed by atoms with Crippen molar-refractivity contribution in [2.45, 2.75) is 18.9 Å². The maximum Gasteiger partial charge on any atom is 0.257 e. The number of ether oxygens (including phenoxy) is 2. The number of aromatic nitrogens is 2. The molecular weight excluding hydrogens is 318 g/mol. The third-order valence-corrected chi connectivity index (χ3v) is 4.86. The zero-order valence-electron chi connectivity index (χ0n) is 15.0. The zero-order chi connectivity index (χ0) is 17.8. The first-order valence-corrected chi connectivity index (χ1v) is 8.54. The summed E-state index contributed by atoms with van der Waals surface area (Å²) < 4.78 is 12.6. The maximum atomic E-state index is 12.7. The van der Waals surface area contributed by atoms with E-state index >= 15 is 0 Å². The van der Waals surface area contributed by atoms with Gasteiger partial charge in [-0.3, -0.25) is 9.48 Å². The fourth-order valence-electron chi connectivity index (χ4n) is 3.48. The van der Waals surface area contributed by atoms with Gasteiger partial charge < -0.3 is 14.4 Å². The molecule has 1 aromatic carbocycles. The highest BCUT2D eigenvalue weighted by Gasteiger charge is 2.32. The molecule has 1 amide bonds. The molecule has 0 N–H and O–H groups in total. The largest absolute Gasteiger partial charge is 0.497 e. The molecule has 6 heteroatoms. The van der Waals surface area contributed by atoms with Crippen LogP contribution in [0, 0.1) is 5.92 Å². The highest BCUT2D eigenvalue weighted by atomic mass is 16.5. The van der Waals surface area contributed by atoms with E-state index in [1.54, 1.807) is 31.3 Å². The number of amides is 1. The molecule has 1 fully saturated rings. The van der Waals surface area contributed by atoms with Crippen LogP contribution in [-0.2, 0) is 18.2 Å². The number of likely N-dealkylation sites (tertiary alicyclic amines) is 1. The second kappa shape index (κ2) is 7.70. The minimum absolute atomic E-state index is 0.0439. The fraction of sp³-hybridized carbons (Fsp3) is 0.474. The summed E-state index contributed by atoms with van der Waals surface area (Å²) in [6.07, 6.45) is 5.29. The Hall–Kier alpha value is -2.34. The number of hydrogen-bond donors (Lipinski definition) is 0. The van der Waals surface area contributed by atoms with Crippen molar-refractivity contribution in [1.29, 1.82) is 0 Å². The molecule has 2 atom stereocenters. The molecule has 0 radical (unpaired) electrons. The number of rotatable bonds is 5. The molecule has 2 heterocycles. The molecule has 6 nitrogen and oxygen atoms in total. The van der Waals surface area contributed by atoms with E-state index in [1.807, 2.05) is 24.1 Å². The van der Waals surface area contributed by atoms with Crippen LogP contribution in [0.4, 0.5) is 0 Å². The van der Waals surface area contributed by atoms with Crippen LogP contribution in [0.1, 0.15) is 22.3 Å². The van der Waals surface area contributed by atoms with Crippen LogP contribution in [0.5, 0.6) is 5.75 Å². The number of carbonyl (C=O) groups excluding carboxylic acids is 1. The highest BCUT2D eigenvalue weighted by molar-refractivity contribution is 5.93. The molecule has 0 aliphatic carbocycles. The summed E-state index contributed by atoms with van der Waals surface area (Å²) in [6, 6.07) is 8.10. The Bertz CT molecular complexity index is 711. The van der Waals surface area contributed by atoms with Gasteiger partial charge >= 0.3 is 0 Å².